The molecule has 0 aliphatic carbocycles. The second-order valence-electron chi connectivity index (χ2n) is 7.06. The molecule has 4 rings (SSSR count). The molecule has 0 amide bonds. The molecule has 1 fully saturated rings. The SMILES string of the molecule is CN(C)c1ccc(-c2nnc([C@H]3CCN(c4nccc(C(F)(F)F)n4)C3)o2)cc1. The van der Waals surface area contributed by atoms with Crippen LogP contribution in [0.3, 0.4) is 0 Å². The molecular weight excluding hydrogens is 385 g/mol. The number of alkyl halides is 3. The van der Waals surface area contributed by atoms with Crippen LogP contribution in [0.1, 0.15) is 23.9 Å². The van der Waals surface area contributed by atoms with Gasteiger partial charge in [0.2, 0.25) is 17.7 Å². The van der Waals surface area contributed by atoms with E-state index in [2.05, 4.69) is 20.2 Å². The minimum absolute atomic E-state index is 0.0568. The number of benzene rings is 1. The van der Waals surface area contributed by atoms with Gasteiger partial charge in [-0.3, -0.25) is 0 Å². The zero-order valence-corrected chi connectivity index (χ0v) is 15.9. The molecule has 3 heterocycles. The summed E-state index contributed by atoms with van der Waals surface area (Å²) in [6.45, 7) is 0.934. The number of hydrogen-bond acceptors (Lipinski definition) is 7. The van der Waals surface area contributed by atoms with Crippen LogP contribution < -0.4 is 9.80 Å². The minimum Gasteiger partial charge on any atom is -0.420 e. The minimum atomic E-state index is -4.50. The van der Waals surface area contributed by atoms with Gasteiger partial charge in [-0.15, -0.1) is 10.2 Å². The van der Waals surface area contributed by atoms with Crippen LogP contribution in [-0.4, -0.2) is 47.4 Å². The van der Waals surface area contributed by atoms with Crippen LogP contribution in [0.15, 0.2) is 40.9 Å². The highest BCUT2D eigenvalue weighted by atomic mass is 19.4. The highest BCUT2D eigenvalue weighted by Gasteiger charge is 2.35. The lowest BCUT2D eigenvalue weighted by Crippen LogP contribution is -2.23. The van der Waals surface area contributed by atoms with Gasteiger partial charge in [-0.05, 0) is 36.8 Å². The number of hydrogen-bond donors (Lipinski definition) is 0. The van der Waals surface area contributed by atoms with Crippen molar-refractivity contribution in [3.63, 3.8) is 0 Å². The van der Waals surface area contributed by atoms with Gasteiger partial charge < -0.3 is 14.2 Å². The molecule has 2 aromatic heterocycles. The predicted octanol–water partition coefficient (Wildman–Crippen LogP) is 3.61. The molecule has 1 aliphatic heterocycles. The molecule has 7 nitrogen and oxygen atoms in total. The van der Waals surface area contributed by atoms with Gasteiger partial charge in [0.15, 0.2) is 0 Å². The Morgan fingerprint density at radius 2 is 1.86 bits per heavy atom. The van der Waals surface area contributed by atoms with E-state index in [-0.39, 0.29) is 11.9 Å². The Bertz CT molecular complexity index is 986. The van der Waals surface area contributed by atoms with Crippen LogP contribution in [0.25, 0.3) is 11.5 Å². The number of halogens is 3. The van der Waals surface area contributed by atoms with E-state index < -0.39 is 11.9 Å². The molecule has 1 saturated heterocycles. The number of anilines is 2. The third kappa shape index (κ3) is 4.01. The molecule has 0 unspecified atom stereocenters. The lowest BCUT2D eigenvalue weighted by atomic mass is 10.1. The summed E-state index contributed by atoms with van der Waals surface area (Å²) in [7, 11) is 3.92. The Hall–Kier alpha value is -3.17. The fraction of sp³-hybridized carbons (Fsp3) is 0.368. The van der Waals surface area contributed by atoms with Gasteiger partial charge in [-0.2, -0.15) is 13.2 Å². The molecule has 1 aliphatic rings. The Morgan fingerprint density at radius 1 is 1.10 bits per heavy atom. The van der Waals surface area contributed by atoms with Gasteiger partial charge >= 0.3 is 6.18 Å². The van der Waals surface area contributed by atoms with E-state index in [0.717, 1.165) is 23.5 Å². The molecule has 0 radical (unpaired) electrons. The summed E-state index contributed by atoms with van der Waals surface area (Å²) in [6.07, 6.45) is -2.71. The maximum absolute atomic E-state index is 12.9. The van der Waals surface area contributed by atoms with Gasteiger partial charge in [-0.25, -0.2) is 9.97 Å². The zero-order valence-electron chi connectivity index (χ0n) is 15.9. The van der Waals surface area contributed by atoms with Crippen molar-refractivity contribution in [2.75, 3.05) is 37.0 Å². The first kappa shape index (κ1) is 19.2. The average molecular weight is 404 g/mol. The van der Waals surface area contributed by atoms with Crippen molar-refractivity contribution in [3.8, 4) is 11.5 Å². The summed E-state index contributed by atoms with van der Waals surface area (Å²) in [5, 5.41) is 8.26. The topological polar surface area (TPSA) is 71.2 Å². The van der Waals surface area contributed by atoms with Gasteiger partial charge in [0.25, 0.3) is 0 Å². The maximum Gasteiger partial charge on any atom is 0.433 e. The van der Waals surface area contributed by atoms with Gasteiger partial charge in [-0.1, -0.05) is 0 Å². The first-order valence-electron chi connectivity index (χ1n) is 9.07. The van der Waals surface area contributed by atoms with Crippen LogP contribution in [0.5, 0.6) is 0 Å². The van der Waals surface area contributed by atoms with Crippen molar-refractivity contribution < 1.29 is 17.6 Å². The predicted molar refractivity (Wildman–Crippen MR) is 101 cm³/mol. The smallest absolute Gasteiger partial charge is 0.420 e. The first-order chi connectivity index (χ1) is 13.8. The van der Waals surface area contributed by atoms with Gasteiger partial charge in [0, 0.05) is 44.6 Å². The van der Waals surface area contributed by atoms with Gasteiger partial charge in [0.1, 0.15) is 5.69 Å². The van der Waals surface area contributed by atoms with Crippen LogP contribution >= 0.6 is 0 Å². The largest absolute Gasteiger partial charge is 0.433 e. The maximum atomic E-state index is 12.9. The van der Waals surface area contributed by atoms with E-state index in [9.17, 15) is 13.2 Å². The lowest BCUT2D eigenvalue weighted by Gasteiger charge is -2.16. The lowest BCUT2D eigenvalue weighted by molar-refractivity contribution is -0.141. The Balaban J connectivity index is 1.48. The van der Waals surface area contributed by atoms with Crippen LogP contribution in [0, 0.1) is 0 Å². The Morgan fingerprint density at radius 3 is 2.55 bits per heavy atom. The second kappa shape index (κ2) is 7.34. The summed E-state index contributed by atoms with van der Waals surface area (Å²) >= 11 is 0. The molecule has 10 heteroatoms. The number of aromatic nitrogens is 4. The zero-order chi connectivity index (χ0) is 20.6. The Kier molecular flexibility index (Phi) is 4.85. The van der Waals surface area contributed by atoms with Crippen molar-refractivity contribution in [2.24, 2.45) is 0 Å². The van der Waals surface area contributed by atoms with E-state index in [4.69, 9.17) is 4.42 Å². The summed E-state index contributed by atoms with van der Waals surface area (Å²) in [5.41, 5.74) is 0.915. The summed E-state index contributed by atoms with van der Waals surface area (Å²) < 4.78 is 44.5. The van der Waals surface area contributed by atoms with Crippen molar-refractivity contribution in [3.05, 3.63) is 48.1 Å². The average Bonchev–Trinajstić information content (AvgIpc) is 3.37. The molecule has 1 aromatic carbocycles. The highest BCUT2D eigenvalue weighted by molar-refractivity contribution is 5.58. The molecule has 152 valence electrons. The molecule has 3 aromatic rings. The van der Waals surface area contributed by atoms with Crippen LogP contribution in [0.4, 0.5) is 24.8 Å². The van der Waals surface area contributed by atoms with E-state index in [1.807, 2.05) is 43.3 Å². The fourth-order valence-electron chi connectivity index (χ4n) is 3.22. The van der Waals surface area contributed by atoms with Crippen molar-refractivity contribution in [1.82, 2.24) is 20.2 Å². The quantitative estimate of drug-likeness (QED) is 0.658. The second-order valence-corrected chi connectivity index (χ2v) is 7.06. The van der Waals surface area contributed by atoms with E-state index in [1.54, 1.807) is 4.90 Å². The van der Waals surface area contributed by atoms with Gasteiger partial charge in [0.05, 0.1) is 5.92 Å². The standard InChI is InChI=1S/C19H19F3N6O/c1-27(2)14-5-3-12(4-6-14)16-25-26-17(29-16)13-8-10-28(11-13)18-23-9-7-15(24-18)19(20,21)22/h3-7,9,13H,8,10-11H2,1-2H3/t13-/m0/s1. The molecule has 1 atom stereocenters. The monoisotopic (exact) mass is 404 g/mol. The summed E-state index contributed by atoms with van der Waals surface area (Å²) in [4.78, 5) is 11.3. The third-order valence-electron chi connectivity index (χ3n) is 4.82. The highest BCUT2D eigenvalue weighted by Crippen LogP contribution is 2.32. The fourth-order valence-corrected chi connectivity index (χ4v) is 3.22. The molecule has 0 saturated carbocycles. The number of rotatable bonds is 4. The molecule has 0 N–H and O–H groups in total. The normalized spacial score (nSPS) is 17.0. The third-order valence-corrected chi connectivity index (χ3v) is 4.82. The number of nitrogens with zero attached hydrogens (tertiary/aromatic N) is 6. The summed E-state index contributed by atoms with van der Waals surface area (Å²) in [5.74, 6) is 0.849. The Labute approximate surface area is 165 Å². The molecule has 29 heavy (non-hydrogen) atoms. The molecule has 0 spiro atoms. The molecular formula is C19H19F3N6O. The van der Waals surface area contributed by atoms with Crippen molar-refractivity contribution in [2.45, 2.75) is 18.5 Å². The van der Waals surface area contributed by atoms with Crippen LogP contribution in [-0.2, 0) is 6.18 Å². The molecule has 0 bridgehead atoms. The first-order valence-corrected chi connectivity index (χ1v) is 9.07. The van der Waals surface area contributed by atoms with E-state index in [1.165, 1.54) is 0 Å². The van der Waals surface area contributed by atoms with E-state index >= 15 is 0 Å². The summed E-state index contributed by atoms with van der Waals surface area (Å²) in [6, 6.07) is 8.60. The van der Waals surface area contributed by atoms with E-state index in [0.29, 0.717) is 31.3 Å². The van der Waals surface area contributed by atoms with Crippen molar-refractivity contribution >= 4 is 11.6 Å². The van der Waals surface area contributed by atoms with Crippen LogP contribution in [0.2, 0.25) is 0 Å². The van der Waals surface area contributed by atoms with Crippen molar-refractivity contribution in [1.29, 1.82) is 0 Å².